The molecule has 0 atom stereocenters. The van der Waals surface area contributed by atoms with Gasteiger partial charge < -0.3 is 10.5 Å². The third-order valence-electron chi connectivity index (χ3n) is 2.37. The van der Waals surface area contributed by atoms with E-state index in [2.05, 4.69) is 0 Å². The molecular formula is C11H15NO. The molecule has 0 aromatic heterocycles. The molecule has 0 heterocycles. The van der Waals surface area contributed by atoms with Gasteiger partial charge in [-0.25, -0.2) is 0 Å². The van der Waals surface area contributed by atoms with E-state index in [1.807, 2.05) is 25.1 Å². The monoisotopic (exact) mass is 177 g/mol. The maximum absolute atomic E-state index is 5.66. The molecule has 0 amide bonds. The highest BCUT2D eigenvalue weighted by Crippen LogP contribution is 2.30. The van der Waals surface area contributed by atoms with E-state index >= 15 is 0 Å². The van der Waals surface area contributed by atoms with E-state index in [0.717, 1.165) is 29.5 Å². The molecule has 13 heavy (non-hydrogen) atoms. The van der Waals surface area contributed by atoms with E-state index in [1.165, 1.54) is 12.8 Å². The van der Waals surface area contributed by atoms with E-state index in [1.54, 1.807) is 0 Å². The average molecular weight is 177 g/mol. The number of nitrogens with two attached hydrogens (primary N) is 1. The molecule has 2 heteroatoms. The zero-order valence-electron chi connectivity index (χ0n) is 7.92. The van der Waals surface area contributed by atoms with Crippen molar-refractivity contribution in [3.63, 3.8) is 0 Å². The highest BCUT2D eigenvalue weighted by Gasteiger charge is 2.22. The van der Waals surface area contributed by atoms with Crippen molar-refractivity contribution in [2.45, 2.75) is 19.8 Å². The highest BCUT2D eigenvalue weighted by atomic mass is 16.5. The van der Waals surface area contributed by atoms with Gasteiger partial charge in [-0.05, 0) is 49.4 Å². The molecule has 70 valence electrons. The fraction of sp³-hybridized carbons (Fsp3) is 0.455. The molecular weight excluding hydrogens is 162 g/mol. The Morgan fingerprint density at radius 2 is 2.23 bits per heavy atom. The van der Waals surface area contributed by atoms with Crippen LogP contribution in [0.2, 0.25) is 0 Å². The number of benzene rings is 1. The molecule has 1 aromatic carbocycles. The first kappa shape index (κ1) is 8.42. The van der Waals surface area contributed by atoms with Crippen molar-refractivity contribution in [2.24, 2.45) is 5.92 Å². The molecule has 2 nitrogen and oxygen atoms in total. The standard InChI is InChI=1S/C11H15NO/c1-8-6-10(12)4-5-11(8)13-7-9-2-3-9/h4-6,9H,2-3,7,12H2,1H3. The van der Waals surface area contributed by atoms with E-state index in [-0.39, 0.29) is 0 Å². The molecule has 0 spiro atoms. The summed E-state index contributed by atoms with van der Waals surface area (Å²) >= 11 is 0. The Labute approximate surface area is 78.7 Å². The lowest BCUT2D eigenvalue weighted by Gasteiger charge is -2.08. The largest absolute Gasteiger partial charge is 0.493 e. The molecule has 0 saturated heterocycles. The second-order valence-electron chi connectivity index (χ2n) is 3.78. The number of nitrogen functional groups attached to an aromatic ring is 1. The highest BCUT2D eigenvalue weighted by molar-refractivity contribution is 5.47. The Hall–Kier alpha value is -1.18. The second-order valence-corrected chi connectivity index (χ2v) is 3.78. The van der Waals surface area contributed by atoms with Crippen LogP contribution in [-0.2, 0) is 0 Å². The van der Waals surface area contributed by atoms with Gasteiger partial charge >= 0.3 is 0 Å². The lowest BCUT2D eigenvalue weighted by molar-refractivity contribution is 0.298. The maximum atomic E-state index is 5.66. The summed E-state index contributed by atoms with van der Waals surface area (Å²) in [5.41, 5.74) is 7.57. The fourth-order valence-corrected chi connectivity index (χ4v) is 1.33. The third kappa shape index (κ3) is 2.14. The van der Waals surface area contributed by atoms with E-state index in [4.69, 9.17) is 10.5 Å². The van der Waals surface area contributed by atoms with E-state index in [0.29, 0.717) is 0 Å². The van der Waals surface area contributed by atoms with Crippen LogP contribution in [0.4, 0.5) is 5.69 Å². The number of anilines is 1. The maximum Gasteiger partial charge on any atom is 0.122 e. The molecule has 1 saturated carbocycles. The molecule has 2 rings (SSSR count). The number of rotatable bonds is 3. The van der Waals surface area contributed by atoms with Crippen LogP contribution >= 0.6 is 0 Å². The van der Waals surface area contributed by atoms with Crippen LogP contribution in [0.5, 0.6) is 5.75 Å². The van der Waals surface area contributed by atoms with Crippen molar-refractivity contribution in [1.82, 2.24) is 0 Å². The summed E-state index contributed by atoms with van der Waals surface area (Å²) in [5, 5.41) is 0. The van der Waals surface area contributed by atoms with Crippen molar-refractivity contribution < 1.29 is 4.74 Å². The predicted octanol–water partition coefficient (Wildman–Crippen LogP) is 2.37. The smallest absolute Gasteiger partial charge is 0.122 e. The van der Waals surface area contributed by atoms with Crippen LogP contribution in [-0.4, -0.2) is 6.61 Å². The van der Waals surface area contributed by atoms with Gasteiger partial charge in [0.2, 0.25) is 0 Å². The van der Waals surface area contributed by atoms with Crippen LogP contribution in [0.25, 0.3) is 0 Å². The zero-order valence-corrected chi connectivity index (χ0v) is 7.92. The number of hydrogen-bond donors (Lipinski definition) is 1. The van der Waals surface area contributed by atoms with Crippen molar-refractivity contribution in [1.29, 1.82) is 0 Å². The summed E-state index contributed by atoms with van der Waals surface area (Å²) in [4.78, 5) is 0. The van der Waals surface area contributed by atoms with Crippen LogP contribution in [0.3, 0.4) is 0 Å². The molecule has 1 fully saturated rings. The quantitative estimate of drug-likeness (QED) is 0.719. The molecule has 0 radical (unpaired) electrons. The summed E-state index contributed by atoms with van der Waals surface area (Å²) in [5.74, 6) is 1.78. The van der Waals surface area contributed by atoms with Gasteiger partial charge in [-0.2, -0.15) is 0 Å². The molecule has 2 N–H and O–H groups in total. The number of hydrogen-bond acceptors (Lipinski definition) is 2. The molecule has 1 aliphatic carbocycles. The molecule has 0 bridgehead atoms. The number of ether oxygens (including phenoxy) is 1. The molecule has 0 aliphatic heterocycles. The van der Waals surface area contributed by atoms with Crippen LogP contribution in [0.1, 0.15) is 18.4 Å². The SMILES string of the molecule is Cc1cc(N)ccc1OCC1CC1. The summed E-state index contributed by atoms with van der Waals surface area (Å²) in [6.45, 7) is 2.89. The van der Waals surface area contributed by atoms with Crippen molar-refractivity contribution in [3.8, 4) is 5.75 Å². The zero-order chi connectivity index (χ0) is 9.26. The van der Waals surface area contributed by atoms with E-state index in [9.17, 15) is 0 Å². The van der Waals surface area contributed by atoms with Gasteiger partial charge in [0.25, 0.3) is 0 Å². The van der Waals surface area contributed by atoms with Crippen LogP contribution < -0.4 is 10.5 Å². The minimum Gasteiger partial charge on any atom is -0.493 e. The predicted molar refractivity (Wildman–Crippen MR) is 53.8 cm³/mol. The lowest BCUT2D eigenvalue weighted by atomic mass is 10.2. The van der Waals surface area contributed by atoms with Gasteiger partial charge in [0.15, 0.2) is 0 Å². The normalized spacial score (nSPS) is 15.8. The fourth-order valence-electron chi connectivity index (χ4n) is 1.33. The number of aryl methyl sites for hydroxylation is 1. The van der Waals surface area contributed by atoms with Gasteiger partial charge in [-0.1, -0.05) is 0 Å². The van der Waals surface area contributed by atoms with Gasteiger partial charge in [-0.15, -0.1) is 0 Å². The van der Waals surface area contributed by atoms with Crippen molar-refractivity contribution in [2.75, 3.05) is 12.3 Å². The molecule has 1 aliphatic rings. The Morgan fingerprint density at radius 3 is 2.85 bits per heavy atom. The first-order valence-corrected chi connectivity index (χ1v) is 4.74. The first-order valence-electron chi connectivity index (χ1n) is 4.74. The summed E-state index contributed by atoms with van der Waals surface area (Å²) in [7, 11) is 0. The summed E-state index contributed by atoms with van der Waals surface area (Å²) in [6, 6.07) is 5.78. The van der Waals surface area contributed by atoms with Crippen molar-refractivity contribution >= 4 is 5.69 Å². The summed E-state index contributed by atoms with van der Waals surface area (Å²) < 4.78 is 5.66. The Morgan fingerprint density at radius 1 is 1.46 bits per heavy atom. The minimum atomic E-state index is 0.802. The van der Waals surface area contributed by atoms with Gasteiger partial charge in [0.1, 0.15) is 5.75 Å². The minimum absolute atomic E-state index is 0.802. The average Bonchev–Trinajstić information content (AvgIpc) is 2.86. The van der Waals surface area contributed by atoms with Gasteiger partial charge in [0.05, 0.1) is 6.61 Å². The molecule has 0 unspecified atom stereocenters. The van der Waals surface area contributed by atoms with Gasteiger partial charge in [0, 0.05) is 5.69 Å². The Kier molecular flexibility index (Phi) is 2.13. The van der Waals surface area contributed by atoms with E-state index < -0.39 is 0 Å². The molecule has 1 aromatic rings. The topological polar surface area (TPSA) is 35.2 Å². The second kappa shape index (κ2) is 3.29. The third-order valence-corrected chi connectivity index (χ3v) is 2.37. The Bertz CT molecular complexity index is 305. The van der Waals surface area contributed by atoms with Crippen molar-refractivity contribution in [3.05, 3.63) is 23.8 Å². The van der Waals surface area contributed by atoms with Crippen LogP contribution in [0.15, 0.2) is 18.2 Å². The van der Waals surface area contributed by atoms with Gasteiger partial charge in [-0.3, -0.25) is 0 Å². The van der Waals surface area contributed by atoms with Crippen LogP contribution in [0, 0.1) is 12.8 Å². The lowest BCUT2D eigenvalue weighted by Crippen LogP contribution is -2.00. The Balaban J connectivity index is 2.01. The summed E-state index contributed by atoms with van der Waals surface area (Å²) in [6.07, 6.45) is 2.65. The first-order chi connectivity index (χ1) is 6.25.